The van der Waals surface area contributed by atoms with Crippen molar-refractivity contribution in [2.24, 2.45) is 33.5 Å². The van der Waals surface area contributed by atoms with Crippen molar-refractivity contribution in [1.29, 1.82) is 0 Å². The van der Waals surface area contributed by atoms with E-state index in [1.165, 1.54) is 0 Å². The van der Waals surface area contributed by atoms with Gasteiger partial charge in [-0.15, -0.1) is 0 Å². The Bertz CT molecular complexity index is 1890. The van der Waals surface area contributed by atoms with Crippen molar-refractivity contribution in [3.8, 4) is 11.1 Å². The summed E-state index contributed by atoms with van der Waals surface area (Å²) in [5.41, 5.74) is 2.19. The Kier molecular flexibility index (Phi) is 9.92. The summed E-state index contributed by atoms with van der Waals surface area (Å²) in [6, 6.07) is 28.3. The minimum atomic E-state index is -0.989. The summed E-state index contributed by atoms with van der Waals surface area (Å²) in [4.78, 5) is 17.7. The van der Waals surface area contributed by atoms with Crippen LogP contribution < -0.4 is 0 Å². The van der Waals surface area contributed by atoms with Gasteiger partial charge in [0.2, 0.25) is 0 Å². The van der Waals surface area contributed by atoms with Gasteiger partial charge in [-0.2, -0.15) is 0 Å². The topological polar surface area (TPSA) is 90.2 Å². The second kappa shape index (κ2) is 14.3. The van der Waals surface area contributed by atoms with Gasteiger partial charge in [0, 0.05) is 40.5 Å². The highest BCUT2D eigenvalue weighted by atomic mass is 16.5. The molecule has 0 amide bonds. The van der Waals surface area contributed by atoms with Gasteiger partial charge in [-0.1, -0.05) is 124 Å². The minimum absolute atomic E-state index is 0.0636. The van der Waals surface area contributed by atoms with Gasteiger partial charge in [0.25, 0.3) is 0 Å². The number of aliphatic hydroxyl groups excluding tert-OH is 2. The molecule has 3 saturated carbocycles. The summed E-state index contributed by atoms with van der Waals surface area (Å²) >= 11 is 0. The number of nitrogens with zero attached hydrogens (tertiary/aromatic N) is 1. The molecule has 6 heteroatoms. The van der Waals surface area contributed by atoms with E-state index < -0.39 is 28.6 Å². The highest BCUT2D eigenvalue weighted by Gasteiger charge is 2.74. The molecule has 9 atom stereocenters. The van der Waals surface area contributed by atoms with Crippen LogP contribution in [0.3, 0.4) is 0 Å². The van der Waals surface area contributed by atoms with E-state index in [4.69, 9.17) is 4.74 Å². The molecule has 0 aliphatic heterocycles. The number of Topliss-reactive ketones (excluding diaryl/α,β-unsaturated/α-hetero) is 1. The highest BCUT2D eigenvalue weighted by molar-refractivity contribution is 6.14. The molecule has 286 valence electrons. The third-order valence-electron chi connectivity index (χ3n) is 15.1. The maximum atomic E-state index is 15.4. The first-order valence-electron chi connectivity index (χ1n) is 20.5. The Morgan fingerprint density at radius 2 is 1.54 bits per heavy atom. The van der Waals surface area contributed by atoms with Gasteiger partial charge in [0.15, 0.2) is 5.78 Å². The second-order valence-electron chi connectivity index (χ2n) is 17.9. The second-order valence-corrected chi connectivity index (χ2v) is 17.9. The predicted octanol–water partition coefficient (Wildman–Crippen LogP) is 8.42. The number of benzene rings is 3. The van der Waals surface area contributed by atoms with Crippen molar-refractivity contribution in [3.63, 3.8) is 0 Å². The Hall–Kier alpha value is -3.39. The summed E-state index contributed by atoms with van der Waals surface area (Å²) in [6.45, 7) is 9.26. The number of aliphatic hydroxyl groups is 3. The number of carbonyl (C=O) groups is 1. The molecule has 0 saturated heterocycles. The van der Waals surface area contributed by atoms with Crippen LogP contribution in [0, 0.1) is 33.5 Å². The predicted molar refractivity (Wildman–Crippen MR) is 214 cm³/mol. The van der Waals surface area contributed by atoms with E-state index in [2.05, 4.69) is 62.1 Å². The molecular weight excluding hydrogens is 671 g/mol. The number of hydrogen-bond donors (Lipinski definition) is 3. The van der Waals surface area contributed by atoms with Crippen LogP contribution >= 0.6 is 0 Å². The van der Waals surface area contributed by atoms with E-state index in [-0.39, 0.29) is 35.1 Å². The van der Waals surface area contributed by atoms with Crippen LogP contribution in [0.5, 0.6) is 0 Å². The standard InChI is InChI=1S/C48H59NO5/c1-4-27-49(30-37(51)32-54-31-34-13-7-5-8-14-34)33-47(53)24-21-42-45(47,3)23-20-41-44(2)22-19-36(50)28-46(44)25-26-48(41,42)40(29-46)43(52)39-18-12-11-17-38(39)35-15-9-6-10-16-35/h5-18,25-26,29,36-37,41-42,50-51,53H,4,19-24,27-28,30-33H2,1-3H3. The van der Waals surface area contributed by atoms with Gasteiger partial charge in [0.1, 0.15) is 0 Å². The first-order valence-corrected chi connectivity index (χ1v) is 20.5. The monoisotopic (exact) mass is 729 g/mol. The normalized spacial score (nSPS) is 35.6. The van der Waals surface area contributed by atoms with E-state index in [1.807, 2.05) is 66.7 Å². The summed E-state index contributed by atoms with van der Waals surface area (Å²) in [5, 5.41) is 35.3. The molecule has 0 aromatic heterocycles. The molecule has 2 spiro atoms. The van der Waals surface area contributed by atoms with Gasteiger partial charge in [0.05, 0.1) is 31.0 Å². The molecule has 3 aromatic carbocycles. The number of carbonyl (C=O) groups excluding carboxylic acids is 1. The van der Waals surface area contributed by atoms with E-state index >= 15 is 4.79 Å². The molecule has 3 fully saturated rings. The van der Waals surface area contributed by atoms with Gasteiger partial charge in [-0.25, -0.2) is 0 Å². The smallest absolute Gasteiger partial charge is 0.190 e. The zero-order valence-corrected chi connectivity index (χ0v) is 32.4. The van der Waals surface area contributed by atoms with Crippen LogP contribution in [0.2, 0.25) is 0 Å². The molecule has 9 rings (SSSR count). The summed E-state index contributed by atoms with van der Waals surface area (Å²) in [7, 11) is 0. The van der Waals surface area contributed by atoms with Crippen molar-refractivity contribution in [3.05, 3.63) is 120 Å². The summed E-state index contributed by atoms with van der Waals surface area (Å²) < 4.78 is 5.92. The first-order chi connectivity index (χ1) is 26.0. The molecule has 0 radical (unpaired) electrons. The fraction of sp³-hybridized carbons (Fsp3) is 0.521. The van der Waals surface area contributed by atoms with Gasteiger partial charge >= 0.3 is 0 Å². The Morgan fingerprint density at radius 1 is 0.870 bits per heavy atom. The maximum Gasteiger partial charge on any atom is 0.190 e. The SMILES string of the molecule is CCCN(CC(O)COCc1ccccc1)CC1(O)CCC2C34C=CC5(C=C3C(=O)c3ccccc3-c3ccccc3)CC(O)CCC5(C)C4CCC21C. The number of rotatable bonds is 13. The third-order valence-corrected chi connectivity index (χ3v) is 15.1. The van der Waals surface area contributed by atoms with Crippen molar-refractivity contribution in [2.45, 2.75) is 96.6 Å². The summed E-state index contributed by atoms with van der Waals surface area (Å²) in [6.07, 6.45) is 12.6. The van der Waals surface area contributed by atoms with Crippen LogP contribution in [0.15, 0.2) is 109 Å². The largest absolute Gasteiger partial charge is 0.393 e. The molecule has 6 aliphatic carbocycles. The molecule has 6 aliphatic rings. The Labute approximate surface area is 322 Å². The van der Waals surface area contributed by atoms with Crippen LogP contribution in [-0.4, -0.2) is 70.1 Å². The molecule has 0 heterocycles. The van der Waals surface area contributed by atoms with Crippen LogP contribution in [0.25, 0.3) is 11.1 Å². The van der Waals surface area contributed by atoms with E-state index in [9.17, 15) is 15.3 Å². The van der Waals surface area contributed by atoms with Gasteiger partial charge < -0.3 is 20.1 Å². The molecular formula is C48H59NO5. The minimum Gasteiger partial charge on any atom is -0.393 e. The molecule has 54 heavy (non-hydrogen) atoms. The number of fused-ring (bicyclic) bond motifs is 1. The fourth-order valence-corrected chi connectivity index (χ4v) is 12.5. The van der Waals surface area contributed by atoms with Crippen molar-refractivity contribution >= 4 is 5.78 Å². The van der Waals surface area contributed by atoms with E-state index in [0.717, 1.165) is 72.9 Å². The van der Waals surface area contributed by atoms with Crippen molar-refractivity contribution in [2.75, 3.05) is 26.2 Å². The summed E-state index contributed by atoms with van der Waals surface area (Å²) in [5.74, 6) is 0.371. The van der Waals surface area contributed by atoms with E-state index in [0.29, 0.717) is 32.5 Å². The number of ether oxygens (including phenoxy) is 1. The van der Waals surface area contributed by atoms with Crippen LogP contribution in [0.4, 0.5) is 0 Å². The zero-order valence-electron chi connectivity index (χ0n) is 32.4. The zero-order chi connectivity index (χ0) is 37.8. The first kappa shape index (κ1) is 37.5. The third kappa shape index (κ3) is 5.90. The number of allylic oxidation sites excluding steroid dienone is 4. The number of hydrogen-bond acceptors (Lipinski definition) is 6. The van der Waals surface area contributed by atoms with Crippen LogP contribution in [0.1, 0.15) is 88.1 Å². The lowest BCUT2D eigenvalue weighted by Crippen LogP contribution is -2.67. The molecule has 2 bridgehead atoms. The lowest BCUT2D eigenvalue weighted by Gasteiger charge is -2.71. The lowest BCUT2D eigenvalue weighted by molar-refractivity contribution is -0.177. The average molecular weight is 730 g/mol. The lowest BCUT2D eigenvalue weighted by atomic mass is 9.32. The van der Waals surface area contributed by atoms with Gasteiger partial charge in [-0.05, 0) is 91.9 Å². The molecule has 3 N–H and O–H groups in total. The molecule has 3 aromatic rings. The van der Waals surface area contributed by atoms with Gasteiger partial charge in [-0.3, -0.25) is 9.69 Å². The Balaban J connectivity index is 1.13. The highest BCUT2D eigenvalue weighted by Crippen LogP contribution is 2.78. The number of ketones is 1. The van der Waals surface area contributed by atoms with Crippen molar-refractivity contribution < 1.29 is 24.9 Å². The average Bonchev–Trinajstić information content (AvgIpc) is 3.45. The molecule has 6 nitrogen and oxygen atoms in total. The fourth-order valence-electron chi connectivity index (χ4n) is 12.5. The van der Waals surface area contributed by atoms with E-state index in [1.54, 1.807) is 0 Å². The molecule has 9 unspecified atom stereocenters. The van der Waals surface area contributed by atoms with Crippen LogP contribution in [-0.2, 0) is 11.3 Å². The van der Waals surface area contributed by atoms with Crippen molar-refractivity contribution in [1.82, 2.24) is 4.90 Å². The Morgan fingerprint density at radius 3 is 2.30 bits per heavy atom. The quantitative estimate of drug-likeness (QED) is 0.121. The maximum absolute atomic E-state index is 15.4.